The maximum Gasteiger partial charge on any atom is 0.272 e. The van der Waals surface area contributed by atoms with Crippen molar-refractivity contribution in [1.29, 1.82) is 0 Å². The first-order valence-corrected chi connectivity index (χ1v) is 14.2. The molecule has 1 saturated heterocycles. The Bertz CT molecular complexity index is 1610. The molecule has 18 heteroatoms. The molecule has 0 atom stereocenters. The van der Waals surface area contributed by atoms with Gasteiger partial charge in [-0.05, 0) is 30.2 Å². The molecule has 44 heavy (non-hydrogen) atoms. The van der Waals surface area contributed by atoms with E-state index in [0.29, 0.717) is 35.9 Å². The Morgan fingerprint density at radius 2 is 1.91 bits per heavy atom. The lowest BCUT2D eigenvalue weighted by molar-refractivity contribution is -0.144. The lowest BCUT2D eigenvalue weighted by Gasteiger charge is -2.33. The van der Waals surface area contributed by atoms with E-state index in [-0.39, 0.29) is 59.8 Å². The van der Waals surface area contributed by atoms with E-state index in [4.69, 9.17) is 9.26 Å². The molecule has 3 N–H and O–H groups in total. The number of anilines is 3. The number of piperazine rings is 1. The SMILES string of the molecule is BC(B)(B)NC(=O)c1nnc(NC(=O)C2CC2)cc1Nc1cccc(-c2nc(CN3CCN(C(C)=O)CC3=O)no2)c1OC. The molecule has 4 amide bonds. The van der Waals surface area contributed by atoms with Crippen LogP contribution in [0.2, 0.25) is 0 Å². The van der Waals surface area contributed by atoms with Crippen LogP contribution < -0.4 is 20.7 Å². The lowest BCUT2D eigenvalue weighted by atomic mass is 9.49. The first kappa shape index (κ1) is 30.6. The van der Waals surface area contributed by atoms with Crippen LogP contribution in [0.3, 0.4) is 0 Å². The van der Waals surface area contributed by atoms with Crippen LogP contribution in [0.15, 0.2) is 28.8 Å². The maximum atomic E-state index is 13.2. The monoisotopic (exact) mass is 599 g/mol. The molecule has 0 spiro atoms. The molecule has 2 aromatic heterocycles. The second-order valence-corrected chi connectivity index (χ2v) is 11.7. The average Bonchev–Trinajstić information content (AvgIpc) is 3.72. The van der Waals surface area contributed by atoms with Crippen molar-refractivity contribution in [2.45, 2.75) is 31.5 Å². The summed E-state index contributed by atoms with van der Waals surface area (Å²) >= 11 is 0. The van der Waals surface area contributed by atoms with Gasteiger partial charge in [0, 0.05) is 32.0 Å². The van der Waals surface area contributed by atoms with Gasteiger partial charge in [0.15, 0.2) is 23.1 Å². The van der Waals surface area contributed by atoms with Gasteiger partial charge in [0.25, 0.3) is 11.8 Å². The molecule has 1 saturated carbocycles. The van der Waals surface area contributed by atoms with Gasteiger partial charge in [0.2, 0.25) is 17.7 Å². The Balaban J connectivity index is 1.40. The van der Waals surface area contributed by atoms with Crippen LogP contribution >= 0.6 is 0 Å². The fourth-order valence-corrected chi connectivity index (χ4v) is 4.60. The topological polar surface area (TPSA) is 185 Å². The zero-order valence-corrected chi connectivity index (χ0v) is 25.3. The van der Waals surface area contributed by atoms with Crippen LogP contribution in [0.5, 0.6) is 5.75 Å². The fraction of sp³-hybridized carbons (Fsp3) is 0.385. The van der Waals surface area contributed by atoms with Gasteiger partial charge in [-0.1, -0.05) is 11.2 Å². The third-order valence-corrected chi connectivity index (χ3v) is 6.98. The van der Waals surface area contributed by atoms with Gasteiger partial charge >= 0.3 is 0 Å². The van der Waals surface area contributed by atoms with E-state index in [2.05, 4.69) is 36.3 Å². The van der Waals surface area contributed by atoms with E-state index in [0.717, 1.165) is 12.8 Å². The van der Waals surface area contributed by atoms with Crippen LogP contribution in [0.4, 0.5) is 17.2 Å². The molecule has 3 heterocycles. The normalized spacial score (nSPS) is 15.1. The first-order chi connectivity index (χ1) is 20.9. The summed E-state index contributed by atoms with van der Waals surface area (Å²) in [6.45, 7) is 2.35. The molecule has 3 aromatic rings. The predicted octanol–water partition coefficient (Wildman–Crippen LogP) is -1.94. The van der Waals surface area contributed by atoms with Crippen LogP contribution in [0.25, 0.3) is 11.5 Å². The highest BCUT2D eigenvalue weighted by Crippen LogP contribution is 2.38. The number of nitrogens with one attached hydrogen (secondary N) is 3. The number of carbonyl (C=O) groups is 4. The van der Waals surface area contributed by atoms with Crippen molar-refractivity contribution in [2.75, 3.05) is 37.4 Å². The predicted molar refractivity (Wildman–Crippen MR) is 166 cm³/mol. The van der Waals surface area contributed by atoms with E-state index < -0.39 is 11.1 Å². The van der Waals surface area contributed by atoms with Gasteiger partial charge in [-0.2, -0.15) is 4.98 Å². The van der Waals surface area contributed by atoms with Crippen molar-refractivity contribution in [3.8, 4) is 17.2 Å². The zero-order valence-electron chi connectivity index (χ0n) is 25.3. The summed E-state index contributed by atoms with van der Waals surface area (Å²) in [5, 5.41) is 20.6. The zero-order chi connectivity index (χ0) is 31.6. The lowest BCUT2D eigenvalue weighted by Crippen LogP contribution is -2.51. The van der Waals surface area contributed by atoms with Crippen molar-refractivity contribution in [2.24, 2.45) is 5.92 Å². The number of benzene rings is 1. The third-order valence-electron chi connectivity index (χ3n) is 6.98. The summed E-state index contributed by atoms with van der Waals surface area (Å²) in [6, 6.07) is 6.76. The molecule has 15 nitrogen and oxygen atoms in total. The summed E-state index contributed by atoms with van der Waals surface area (Å²) in [5.74, 6) is -0.00309. The molecule has 2 fully saturated rings. The molecule has 5 rings (SSSR count). The number of ether oxygens (including phenoxy) is 1. The van der Waals surface area contributed by atoms with Gasteiger partial charge < -0.3 is 35.0 Å². The molecular formula is C26H32B3N9O6. The Kier molecular flexibility index (Phi) is 8.60. The van der Waals surface area contributed by atoms with Gasteiger partial charge in [-0.3, -0.25) is 19.2 Å². The Hall–Kier alpha value is -4.89. The summed E-state index contributed by atoms with van der Waals surface area (Å²) in [5.41, 5.74) is 1.23. The maximum absolute atomic E-state index is 13.2. The summed E-state index contributed by atoms with van der Waals surface area (Å²) in [6.07, 6.45) is 1.65. The summed E-state index contributed by atoms with van der Waals surface area (Å²) in [4.78, 5) is 57.2. The first-order valence-electron chi connectivity index (χ1n) is 14.2. The van der Waals surface area contributed by atoms with E-state index in [9.17, 15) is 19.2 Å². The average molecular weight is 599 g/mol. The van der Waals surface area contributed by atoms with Crippen molar-refractivity contribution in [3.63, 3.8) is 0 Å². The Morgan fingerprint density at radius 3 is 2.57 bits per heavy atom. The molecule has 2 aliphatic rings. The van der Waals surface area contributed by atoms with E-state index in [1.807, 2.05) is 23.5 Å². The van der Waals surface area contributed by atoms with Crippen LogP contribution in [0.1, 0.15) is 36.1 Å². The number of methoxy groups -OCH3 is 1. The number of aromatic nitrogens is 4. The Morgan fingerprint density at radius 1 is 1.14 bits per heavy atom. The molecule has 226 valence electrons. The second kappa shape index (κ2) is 12.4. The number of amides is 4. The largest absolute Gasteiger partial charge is 0.494 e. The van der Waals surface area contributed by atoms with E-state index >= 15 is 0 Å². The standard InChI is InChI=1S/C26H32B3N9O6/c1-13(39)37-8-9-38(20(40)12-37)11-19-32-25(44-36-19)15-4-3-5-16(22(15)43-2)30-17-10-18(31-23(41)14-6-7-14)34-35-21(17)24(42)33-26(27,28)29/h3-5,10,14H,6-9,11-12,27-29H2,1-2H3,(H,33,42)(H2,30,31,34,41). The van der Waals surface area contributed by atoms with Crippen LogP contribution in [-0.4, -0.2) is 109 Å². The number of hydrogen-bond donors (Lipinski definition) is 3. The molecule has 0 bridgehead atoms. The van der Waals surface area contributed by atoms with Gasteiger partial charge in [0.1, 0.15) is 23.5 Å². The molecular weight excluding hydrogens is 567 g/mol. The van der Waals surface area contributed by atoms with Crippen LogP contribution in [0, 0.1) is 5.92 Å². The van der Waals surface area contributed by atoms with Gasteiger partial charge in [-0.25, -0.2) is 0 Å². The number of rotatable bonds is 10. The van der Waals surface area contributed by atoms with Crippen molar-refractivity contribution in [3.05, 3.63) is 35.8 Å². The fourth-order valence-electron chi connectivity index (χ4n) is 4.60. The summed E-state index contributed by atoms with van der Waals surface area (Å²) in [7, 11) is 7.03. The van der Waals surface area contributed by atoms with E-state index in [1.54, 1.807) is 29.2 Å². The van der Waals surface area contributed by atoms with Crippen molar-refractivity contribution >= 4 is 64.4 Å². The minimum atomic E-state index is -0.534. The minimum Gasteiger partial charge on any atom is -0.494 e. The minimum absolute atomic E-state index is 0.00713. The molecule has 1 aliphatic heterocycles. The van der Waals surface area contributed by atoms with Crippen LogP contribution in [-0.2, 0) is 20.9 Å². The van der Waals surface area contributed by atoms with Gasteiger partial charge in [-0.15, -0.1) is 10.2 Å². The molecule has 0 unspecified atom stereocenters. The number of hydrogen-bond acceptors (Lipinski definition) is 11. The number of nitrogens with zero attached hydrogens (tertiary/aromatic N) is 6. The Labute approximate surface area is 256 Å². The van der Waals surface area contributed by atoms with Crippen molar-refractivity contribution in [1.82, 2.24) is 35.5 Å². The summed E-state index contributed by atoms with van der Waals surface area (Å²) < 4.78 is 11.3. The molecule has 1 aliphatic carbocycles. The van der Waals surface area contributed by atoms with E-state index in [1.165, 1.54) is 18.9 Å². The molecule has 1 aromatic carbocycles. The highest BCUT2D eigenvalue weighted by molar-refractivity contribution is 6.60. The quantitative estimate of drug-likeness (QED) is 0.220. The highest BCUT2D eigenvalue weighted by Gasteiger charge is 2.31. The second-order valence-electron chi connectivity index (χ2n) is 11.7. The number of para-hydroxylation sites is 1. The molecule has 0 radical (unpaired) electrons. The number of carbonyl (C=O) groups excluding carboxylic acids is 4. The smallest absolute Gasteiger partial charge is 0.272 e. The third kappa shape index (κ3) is 7.18. The highest BCUT2D eigenvalue weighted by atomic mass is 16.5. The van der Waals surface area contributed by atoms with Crippen molar-refractivity contribution < 1.29 is 28.4 Å². The van der Waals surface area contributed by atoms with Gasteiger partial charge in [0.05, 0.1) is 37.1 Å².